The minimum Gasteiger partial charge on any atom is -0.480 e. The number of aliphatic hydroxyl groups excluding tert-OH is 1. The summed E-state index contributed by atoms with van der Waals surface area (Å²) >= 11 is 0. The Hall–Kier alpha value is -2.43. The van der Waals surface area contributed by atoms with E-state index in [2.05, 4.69) is 4.74 Å². The number of alkyl halides is 1. The molecule has 4 aliphatic carbocycles. The van der Waals surface area contributed by atoms with E-state index in [9.17, 15) is 29.4 Å². The second kappa shape index (κ2) is 8.85. The number of aliphatic carboxylic acids is 1. The predicted octanol–water partition coefficient (Wildman–Crippen LogP) is 1.55. The molecular formula is C26H33FO9. The number of hydrogen-bond donors (Lipinski definition) is 3. The summed E-state index contributed by atoms with van der Waals surface area (Å²) in [5, 5.41) is 31.7. The van der Waals surface area contributed by atoms with Gasteiger partial charge in [-0.2, -0.15) is 0 Å². The maximum Gasteiger partial charge on any atom is 0.332 e. The summed E-state index contributed by atoms with van der Waals surface area (Å²) in [4.78, 5) is 47.6. The maximum absolute atomic E-state index is 17.1. The molecule has 0 bridgehead atoms. The van der Waals surface area contributed by atoms with Crippen LogP contribution in [0, 0.1) is 28.6 Å². The number of carbonyl (C=O) groups excluding carboxylic acids is 3. The molecule has 8 unspecified atom stereocenters. The van der Waals surface area contributed by atoms with Gasteiger partial charge in [0.05, 0.1) is 6.10 Å². The summed E-state index contributed by atoms with van der Waals surface area (Å²) in [6, 6.07) is 0. The van der Waals surface area contributed by atoms with Crippen LogP contribution in [0.4, 0.5) is 4.39 Å². The fraction of sp³-hybridized carbons (Fsp3) is 0.692. The van der Waals surface area contributed by atoms with Crippen LogP contribution >= 0.6 is 0 Å². The molecule has 8 atom stereocenters. The standard InChI is InChI=1S/C26H33FO9/c1-14-8-18-17-5-4-15-9-16(28)6-7-23(15,2)25(17,27)19(29)10-24(18,3)26(14,34)20(30)11-36-22(33)13-35-12-21(31)32/h6-7,9,14,17-19,29,34H,4-5,8,10-13H2,1-3H3,(H,31,32). The van der Waals surface area contributed by atoms with Crippen LogP contribution in [0.5, 0.6) is 0 Å². The smallest absolute Gasteiger partial charge is 0.332 e. The molecule has 198 valence electrons. The Kier molecular flexibility index (Phi) is 6.54. The van der Waals surface area contributed by atoms with Gasteiger partial charge in [0.1, 0.15) is 18.8 Å². The minimum atomic E-state index is -2.08. The van der Waals surface area contributed by atoms with Gasteiger partial charge in [-0.25, -0.2) is 14.0 Å². The van der Waals surface area contributed by atoms with Crippen LogP contribution in [0.3, 0.4) is 0 Å². The molecule has 0 aromatic rings. The van der Waals surface area contributed by atoms with Gasteiger partial charge in [-0.15, -0.1) is 0 Å². The van der Waals surface area contributed by atoms with Crippen molar-refractivity contribution in [3.8, 4) is 0 Å². The lowest BCUT2D eigenvalue weighted by Crippen LogP contribution is -2.69. The predicted molar refractivity (Wildman–Crippen MR) is 122 cm³/mol. The van der Waals surface area contributed by atoms with E-state index in [1.54, 1.807) is 26.8 Å². The quantitative estimate of drug-likeness (QED) is 0.436. The summed E-state index contributed by atoms with van der Waals surface area (Å²) in [5.41, 5.74) is -5.77. The third-order valence-corrected chi connectivity index (χ3v) is 9.46. The Bertz CT molecular complexity index is 1050. The van der Waals surface area contributed by atoms with Crippen molar-refractivity contribution >= 4 is 23.5 Å². The number of fused-ring (bicyclic) bond motifs is 5. The van der Waals surface area contributed by atoms with Crippen molar-refractivity contribution in [2.75, 3.05) is 19.8 Å². The molecule has 0 radical (unpaired) electrons. The molecule has 36 heavy (non-hydrogen) atoms. The molecule has 0 aliphatic heterocycles. The second-order valence-electron chi connectivity index (χ2n) is 11.1. The maximum atomic E-state index is 17.1. The topological polar surface area (TPSA) is 147 Å². The summed E-state index contributed by atoms with van der Waals surface area (Å²) in [7, 11) is 0. The lowest BCUT2D eigenvalue weighted by molar-refractivity contribution is -0.220. The Labute approximate surface area is 208 Å². The van der Waals surface area contributed by atoms with E-state index in [1.807, 2.05) is 0 Å². The summed E-state index contributed by atoms with van der Waals surface area (Å²) < 4.78 is 26.7. The molecule has 0 spiro atoms. The number of halogens is 1. The van der Waals surface area contributed by atoms with E-state index in [1.165, 1.54) is 12.2 Å². The molecule has 0 amide bonds. The first-order chi connectivity index (χ1) is 16.7. The van der Waals surface area contributed by atoms with Gasteiger partial charge in [-0.05, 0) is 56.6 Å². The summed E-state index contributed by atoms with van der Waals surface area (Å²) in [5.74, 6) is -4.87. The van der Waals surface area contributed by atoms with Gasteiger partial charge < -0.3 is 24.8 Å². The highest BCUT2D eigenvalue weighted by molar-refractivity contribution is 6.01. The van der Waals surface area contributed by atoms with Gasteiger partial charge in [-0.1, -0.05) is 25.5 Å². The molecule has 4 rings (SSSR count). The first kappa shape index (κ1) is 26.6. The van der Waals surface area contributed by atoms with Crippen LogP contribution in [0.15, 0.2) is 23.8 Å². The van der Waals surface area contributed by atoms with E-state index in [0.29, 0.717) is 24.8 Å². The Morgan fingerprint density at radius 3 is 2.53 bits per heavy atom. The van der Waals surface area contributed by atoms with Crippen molar-refractivity contribution in [1.29, 1.82) is 0 Å². The number of carboxylic acid groups (broad SMARTS) is 1. The average molecular weight is 509 g/mol. The van der Waals surface area contributed by atoms with Crippen LogP contribution in [-0.2, 0) is 28.7 Å². The second-order valence-corrected chi connectivity index (χ2v) is 11.1. The molecule has 3 N–H and O–H groups in total. The number of carboxylic acids is 1. The van der Waals surface area contributed by atoms with Crippen molar-refractivity contribution < 1.29 is 48.4 Å². The first-order valence-corrected chi connectivity index (χ1v) is 12.2. The molecule has 0 heterocycles. The molecular weight excluding hydrogens is 475 g/mol. The van der Waals surface area contributed by atoms with E-state index in [-0.39, 0.29) is 12.2 Å². The lowest BCUT2D eigenvalue weighted by Gasteiger charge is -2.62. The van der Waals surface area contributed by atoms with Crippen LogP contribution < -0.4 is 0 Å². The Balaban J connectivity index is 1.58. The van der Waals surface area contributed by atoms with Crippen LogP contribution in [0.25, 0.3) is 0 Å². The fourth-order valence-electron chi connectivity index (χ4n) is 7.66. The molecule has 3 fully saturated rings. The van der Waals surface area contributed by atoms with Crippen LogP contribution in [0.1, 0.15) is 46.5 Å². The number of ether oxygens (including phenoxy) is 2. The van der Waals surface area contributed by atoms with Gasteiger partial charge in [0, 0.05) is 16.7 Å². The van der Waals surface area contributed by atoms with E-state index >= 15 is 4.39 Å². The monoisotopic (exact) mass is 508 g/mol. The molecule has 0 aromatic heterocycles. The van der Waals surface area contributed by atoms with Gasteiger partial charge >= 0.3 is 11.9 Å². The fourth-order valence-corrected chi connectivity index (χ4v) is 7.66. The molecule has 0 aromatic carbocycles. The van der Waals surface area contributed by atoms with Crippen molar-refractivity contribution in [1.82, 2.24) is 0 Å². The molecule has 3 saturated carbocycles. The third-order valence-electron chi connectivity index (χ3n) is 9.46. The Morgan fingerprint density at radius 1 is 1.17 bits per heavy atom. The lowest BCUT2D eigenvalue weighted by atomic mass is 9.44. The van der Waals surface area contributed by atoms with Crippen molar-refractivity contribution in [2.45, 2.75) is 63.8 Å². The largest absolute Gasteiger partial charge is 0.480 e. The molecule has 9 nitrogen and oxygen atoms in total. The van der Waals surface area contributed by atoms with Crippen molar-refractivity contribution in [2.24, 2.45) is 28.6 Å². The highest BCUT2D eigenvalue weighted by Gasteiger charge is 2.75. The van der Waals surface area contributed by atoms with E-state index < -0.39 is 83.5 Å². The van der Waals surface area contributed by atoms with Crippen molar-refractivity contribution in [3.05, 3.63) is 23.8 Å². The first-order valence-electron chi connectivity index (χ1n) is 12.2. The minimum absolute atomic E-state index is 0.183. The number of allylic oxidation sites excluding steroid dienone is 4. The number of hydrogen-bond acceptors (Lipinski definition) is 8. The molecule has 10 heteroatoms. The Morgan fingerprint density at radius 2 is 1.86 bits per heavy atom. The molecule has 4 aliphatic rings. The zero-order chi connectivity index (χ0) is 26.7. The van der Waals surface area contributed by atoms with E-state index in [0.717, 1.165) is 0 Å². The van der Waals surface area contributed by atoms with Gasteiger partial charge in [0.2, 0.25) is 5.78 Å². The van der Waals surface area contributed by atoms with Gasteiger partial charge in [-0.3, -0.25) is 9.59 Å². The normalized spacial score (nSPS) is 43.2. The zero-order valence-electron chi connectivity index (χ0n) is 20.7. The van der Waals surface area contributed by atoms with E-state index in [4.69, 9.17) is 9.84 Å². The van der Waals surface area contributed by atoms with Crippen molar-refractivity contribution in [3.63, 3.8) is 0 Å². The summed E-state index contributed by atoms with van der Waals surface area (Å²) in [6.07, 6.45) is 3.81. The highest BCUT2D eigenvalue weighted by Crippen LogP contribution is 2.70. The van der Waals surface area contributed by atoms with Crippen LogP contribution in [-0.4, -0.2) is 76.0 Å². The van der Waals surface area contributed by atoms with Crippen LogP contribution in [0.2, 0.25) is 0 Å². The number of aliphatic hydroxyl groups is 2. The number of esters is 1. The van der Waals surface area contributed by atoms with Gasteiger partial charge in [0.25, 0.3) is 0 Å². The number of carbonyl (C=O) groups is 4. The third kappa shape index (κ3) is 3.60. The van der Waals surface area contributed by atoms with Gasteiger partial charge in [0.15, 0.2) is 18.1 Å². The number of rotatable bonds is 7. The number of Topliss-reactive ketones (excluding diaryl/α,β-unsaturated/α-hetero) is 1. The highest BCUT2D eigenvalue weighted by atomic mass is 19.1. The SMILES string of the molecule is CC1CC2C3CCC4=CC(=O)C=CC4(C)C3(F)C(O)CC2(C)C1(O)C(=O)COC(=O)COCC(=O)O. The average Bonchev–Trinajstić information content (AvgIpc) is 3.00. The summed E-state index contributed by atoms with van der Waals surface area (Å²) in [6.45, 7) is 2.96. The number of ketones is 2. The zero-order valence-corrected chi connectivity index (χ0v) is 20.7. The molecule has 0 saturated heterocycles.